The largest absolute Gasteiger partial charge is 0.490 e. The maximum Gasteiger partial charge on any atom is 0.240 e. The summed E-state index contributed by atoms with van der Waals surface area (Å²) in [5, 5.41) is 15.2. The molecule has 8 heteroatoms. The van der Waals surface area contributed by atoms with Crippen LogP contribution >= 0.6 is 22.9 Å². The maximum absolute atomic E-state index is 12.5. The van der Waals surface area contributed by atoms with Crippen molar-refractivity contribution in [3.63, 3.8) is 0 Å². The van der Waals surface area contributed by atoms with Gasteiger partial charge in [0.2, 0.25) is 5.91 Å². The number of carbonyl (C=O) groups excluding carboxylic acids is 1. The Hall–Kier alpha value is -1.67. The zero-order valence-corrected chi connectivity index (χ0v) is 17.9. The van der Waals surface area contributed by atoms with Gasteiger partial charge in [0.25, 0.3) is 0 Å². The van der Waals surface area contributed by atoms with Crippen LogP contribution in [-0.4, -0.2) is 52.7 Å². The summed E-state index contributed by atoms with van der Waals surface area (Å²) in [7, 11) is 0. The molecular weight excluding hydrogens is 410 g/mol. The molecule has 0 radical (unpaired) electrons. The van der Waals surface area contributed by atoms with Gasteiger partial charge in [0.15, 0.2) is 5.13 Å². The van der Waals surface area contributed by atoms with E-state index in [9.17, 15) is 9.90 Å². The summed E-state index contributed by atoms with van der Waals surface area (Å²) in [6, 6.07) is 7.14. The molecule has 0 spiro atoms. The Morgan fingerprint density at radius 2 is 2.21 bits per heavy atom. The van der Waals surface area contributed by atoms with Crippen molar-refractivity contribution in [1.82, 2.24) is 9.88 Å². The van der Waals surface area contributed by atoms with Crippen molar-refractivity contribution < 1.29 is 14.6 Å². The number of nitrogens with one attached hydrogen (secondary N) is 1. The van der Waals surface area contributed by atoms with Gasteiger partial charge < -0.3 is 15.2 Å². The van der Waals surface area contributed by atoms with Gasteiger partial charge in [-0.3, -0.25) is 9.69 Å². The van der Waals surface area contributed by atoms with Crippen molar-refractivity contribution in [3.05, 3.63) is 39.9 Å². The van der Waals surface area contributed by atoms with Gasteiger partial charge in [0, 0.05) is 16.4 Å². The molecule has 0 bridgehead atoms. The highest BCUT2D eigenvalue weighted by Gasteiger charge is 2.35. The molecular formula is C21H26ClN3O3S. The highest BCUT2D eigenvalue weighted by Crippen LogP contribution is 2.29. The Morgan fingerprint density at radius 1 is 1.34 bits per heavy atom. The van der Waals surface area contributed by atoms with E-state index in [1.165, 1.54) is 17.7 Å². The Labute approximate surface area is 179 Å². The topological polar surface area (TPSA) is 74.7 Å². The van der Waals surface area contributed by atoms with Crippen LogP contribution in [0, 0.1) is 0 Å². The third-order valence-corrected chi connectivity index (χ3v) is 6.71. The van der Waals surface area contributed by atoms with Crippen molar-refractivity contribution in [2.45, 2.75) is 44.1 Å². The minimum atomic E-state index is -0.985. The number of aryl methyl sites for hydroxylation is 2. The van der Waals surface area contributed by atoms with E-state index in [0.717, 1.165) is 31.5 Å². The lowest BCUT2D eigenvalue weighted by atomic mass is 9.93. The summed E-state index contributed by atoms with van der Waals surface area (Å²) in [6.07, 6.45) is 5.90. The lowest BCUT2D eigenvalue weighted by Gasteiger charge is -2.38. The predicted octanol–water partition coefficient (Wildman–Crippen LogP) is 3.52. The number of piperidine rings is 1. The summed E-state index contributed by atoms with van der Waals surface area (Å²) in [4.78, 5) is 20.4. The molecule has 1 aromatic heterocycles. The smallest absolute Gasteiger partial charge is 0.240 e. The second-order valence-corrected chi connectivity index (χ2v) is 9.45. The first-order valence-corrected chi connectivity index (χ1v) is 11.3. The van der Waals surface area contributed by atoms with Crippen LogP contribution in [0.25, 0.3) is 0 Å². The van der Waals surface area contributed by atoms with E-state index in [4.69, 9.17) is 16.3 Å². The van der Waals surface area contributed by atoms with Crippen molar-refractivity contribution in [3.8, 4) is 5.75 Å². The third-order valence-electron chi connectivity index (χ3n) is 5.40. The van der Waals surface area contributed by atoms with Crippen molar-refractivity contribution in [1.29, 1.82) is 0 Å². The minimum Gasteiger partial charge on any atom is -0.490 e. The number of hydrogen-bond donors (Lipinski definition) is 2. The van der Waals surface area contributed by atoms with Gasteiger partial charge in [-0.2, -0.15) is 0 Å². The molecule has 1 aliphatic heterocycles. The minimum absolute atomic E-state index is 0.0869. The number of halogens is 1. The Bertz CT molecular complexity index is 851. The predicted molar refractivity (Wildman–Crippen MR) is 115 cm³/mol. The molecule has 1 unspecified atom stereocenters. The summed E-state index contributed by atoms with van der Waals surface area (Å²) in [5.74, 6) is 0.546. The molecule has 6 nitrogen and oxygen atoms in total. The Morgan fingerprint density at radius 3 is 3.03 bits per heavy atom. The molecule has 1 saturated heterocycles. The fourth-order valence-electron chi connectivity index (χ4n) is 4.00. The fourth-order valence-corrected chi connectivity index (χ4v) is 5.25. The SMILES string of the molecule is O=C(CN1CCCC(O)(COc2cccc(Cl)c2)C1)Nc1nc2c(s1)CCCC2. The number of aliphatic hydroxyl groups is 1. The summed E-state index contributed by atoms with van der Waals surface area (Å²) in [5.41, 5.74) is 0.156. The summed E-state index contributed by atoms with van der Waals surface area (Å²) in [6.45, 7) is 1.59. The number of anilines is 1. The van der Waals surface area contributed by atoms with Gasteiger partial charge in [-0.25, -0.2) is 4.98 Å². The van der Waals surface area contributed by atoms with E-state index in [2.05, 4.69) is 10.3 Å². The van der Waals surface area contributed by atoms with Crippen LogP contribution in [0.5, 0.6) is 5.75 Å². The number of nitrogens with zero attached hydrogens (tertiary/aromatic N) is 2. The lowest BCUT2D eigenvalue weighted by molar-refractivity contribution is -0.119. The van der Waals surface area contributed by atoms with Crippen molar-refractivity contribution in [2.75, 3.05) is 31.6 Å². The molecule has 1 amide bonds. The molecule has 1 fully saturated rings. The van der Waals surface area contributed by atoms with Gasteiger partial charge >= 0.3 is 0 Å². The zero-order valence-electron chi connectivity index (χ0n) is 16.3. The Balaban J connectivity index is 1.29. The highest BCUT2D eigenvalue weighted by molar-refractivity contribution is 7.15. The first kappa shape index (κ1) is 20.6. The zero-order chi connectivity index (χ0) is 20.3. The first-order chi connectivity index (χ1) is 14.0. The number of carbonyl (C=O) groups is 1. The molecule has 2 aliphatic rings. The fraction of sp³-hybridized carbons (Fsp3) is 0.524. The van der Waals surface area contributed by atoms with E-state index < -0.39 is 5.60 Å². The number of amides is 1. The van der Waals surface area contributed by atoms with Gasteiger partial charge in [0.1, 0.15) is 18.0 Å². The average Bonchev–Trinajstić information content (AvgIpc) is 3.08. The lowest BCUT2D eigenvalue weighted by Crippen LogP contribution is -2.53. The standard InChI is InChI=1S/C21H26ClN3O3S/c22-15-5-3-6-16(11-15)28-14-21(27)9-4-10-25(13-21)12-19(26)24-20-23-17-7-1-2-8-18(17)29-20/h3,5-6,11,27H,1-2,4,7-10,12-14H2,(H,23,24,26). The first-order valence-electron chi connectivity index (χ1n) is 10.1. The molecule has 0 saturated carbocycles. The van der Waals surface area contributed by atoms with E-state index in [1.807, 2.05) is 17.0 Å². The number of benzene rings is 1. The van der Waals surface area contributed by atoms with Gasteiger partial charge in [-0.05, 0) is 63.3 Å². The van der Waals surface area contributed by atoms with E-state index >= 15 is 0 Å². The average molecular weight is 436 g/mol. The normalized spacial score (nSPS) is 22.1. The number of likely N-dealkylation sites (tertiary alicyclic amines) is 1. The van der Waals surface area contributed by atoms with Crippen LogP contribution in [0.15, 0.2) is 24.3 Å². The van der Waals surface area contributed by atoms with Crippen LogP contribution in [0.3, 0.4) is 0 Å². The molecule has 4 rings (SSSR count). The van der Waals surface area contributed by atoms with E-state index in [1.54, 1.807) is 23.5 Å². The molecule has 1 atom stereocenters. The second kappa shape index (κ2) is 9.00. The van der Waals surface area contributed by atoms with Crippen LogP contribution < -0.4 is 10.1 Å². The quantitative estimate of drug-likeness (QED) is 0.726. The van der Waals surface area contributed by atoms with Crippen molar-refractivity contribution in [2.24, 2.45) is 0 Å². The van der Waals surface area contributed by atoms with Gasteiger partial charge in [-0.15, -0.1) is 11.3 Å². The third kappa shape index (κ3) is 5.48. The van der Waals surface area contributed by atoms with E-state index in [-0.39, 0.29) is 19.1 Å². The molecule has 156 valence electrons. The second-order valence-electron chi connectivity index (χ2n) is 7.93. The number of β-amino-alcohol motifs (C(OH)–C–C–N with tert-alkyl or cyclic N) is 1. The van der Waals surface area contributed by atoms with Gasteiger partial charge in [0.05, 0.1) is 12.2 Å². The maximum atomic E-state index is 12.5. The van der Waals surface area contributed by atoms with Crippen LogP contribution in [-0.2, 0) is 17.6 Å². The van der Waals surface area contributed by atoms with Crippen LogP contribution in [0.2, 0.25) is 5.02 Å². The van der Waals surface area contributed by atoms with Crippen LogP contribution in [0.4, 0.5) is 5.13 Å². The molecule has 2 aromatic rings. The van der Waals surface area contributed by atoms with Gasteiger partial charge in [-0.1, -0.05) is 17.7 Å². The Kier molecular flexibility index (Phi) is 6.39. The molecule has 29 heavy (non-hydrogen) atoms. The molecule has 1 aromatic carbocycles. The number of fused-ring (bicyclic) bond motifs is 1. The molecule has 2 heterocycles. The van der Waals surface area contributed by atoms with Crippen LogP contribution in [0.1, 0.15) is 36.3 Å². The highest BCUT2D eigenvalue weighted by atomic mass is 35.5. The summed E-state index contributed by atoms with van der Waals surface area (Å²) < 4.78 is 5.75. The number of aromatic nitrogens is 1. The van der Waals surface area contributed by atoms with E-state index in [0.29, 0.717) is 28.9 Å². The summed E-state index contributed by atoms with van der Waals surface area (Å²) >= 11 is 7.57. The number of thiazole rings is 1. The molecule has 1 aliphatic carbocycles. The number of ether oxygens (including phenoxy) is 1. The number of rotatable bonds is 6. The number of hydrogen-bond acceptors (Lipinski definition) is 6. The molecule has 2 N–H and O–H groups in total. The monoisotopic (exact) mass is 435 g/mol. The van der Waals surface area contributed by atoms with Crippen molar-refractivity contribution >= 4 is 34.0 Å².